The largest absolute Gasteiger partial charge is 0.285 e. The van der Waals surface area contributed by atoms with Crippen LogP contribution in [-0.2, 0) is 9.59 Å². The van der Waals surface area contributed by atoms with Crippen molar-refractivity contribution in [1.29, 1.82) is 0 Å². The van der Waals surface area contributed by atoms with Crippen LogP contribution in [-0.4, -0.2) is 11.6 Å². The van der Waals surface area contributed by atoms with E-state index >= 15 is 0 Å². The molecule has 0 fully saturated rings. The fourth-order valence-electron chi connectivity index (χ4n) is 0.760. The second-order valence-corrected chi connectivity index (χ2v) is 2.36. The molecule has 1 rings (SSSR count). The summed E-state index contributed by atoms with van der Waals surface area (Å²) in [6, 6.07) is 0. The SMILES string of the molecule is CC1=CC=C(C)C(=O)C1=O. The highest BCUT2D eigenvalue weighted by molar-refractivity contribution is 6.49. The molecule has 0 amide bonds. The van der Waals surface area contributed by atoms with Crippen molar-refractivity contribution >= 4 is 11.6 Å². The molecule has 0 aliphatic heterocycles. The Morgan fingerprint density at radius 3 is 1.50 bits per heavy atom. The Hall–Kier alpha value is -1.18. The lowest BCUT2D eigenvalue weighted by atomic mass is 9.98. The molecule has 1 aliphatic carbocycles. The van der Waals surface area contributed by atoms with Crippen LogP contribution in [0.5, 0.6) is 0 Å². The molecular formula is C8H8O2. The molecule has 0 radical (unpaired) electrons. The lowest BCUT2D eigenvalue weighted by Crippen LogP contribution is -2.18. The molecule has 2 nitrogen and oxygen atoms in total. The highest BCUT2D eigenvalue weighted by Gasteiger charge is 2.19. The fraction of sp³-hybridized carbons (Fsp3) is 0.250. The molecule has 0 saturated carbocycles. The van der Waals surface area contributed by atoms with E-state index in [-0.39, 0.29) is 11.6 Å². The van der Waals surface area contributed by atoms with E-state index in [1.807, 2.05) is 0 Å². The van der Waals surface area contributed by atoms with E-state index in [2.05, 4.69) is 0 Å². The van der Waals surface area contributed by atoms with Crippen molar-refractivity contribution in [3.8, 4) is 0 Å². The molecule has 0 N–H and O–H groups in total. The van der Waals surface area contributed by atoms with Gasteiger partial charge in [-0.25, -0.2) is 0 Å². The Bertz CT molecular complexity index is 220. The topological polar surface area (TPSA) is 34.1 Å². The molecule has 0 aromatic carbocycles. The van der Waals surface area contributed by atoms with Crippen molar-refractivity contribution in [2.75, 3.05) is 0 Å². The van der Waals surface area contributed by atoms with Gasteiger partial charge in [0.2, 0.25) is 11.6 Å². The lowest BCUT2D eigenvalue weighted by Gasteiger charge is -2.03. The summed E-state index contributed by atoms with van der Waals surface area (Å²) in [5.74, 6) is -0.750. The minimum Gasteiger partial charge on any atom is -0.285 e. The molecule has 0 unspecified atom stereocenters. The minimum atomic E-state index is -0.375. The predicted octanol–water partition coefficient (Wildman–Crippen LogP) is 1.03. The molecule has 0 atom stereocenters. The molecule has 0 aromatic rings. The van der Waals surface area contributed by atoms with Gasteiger partial charge in [-0.05, 0) is 13.8 Å². The van der Waals surface area contributed by atoms with Gasteiger partial charge >= 0.3 is 0 Å². The van der Waals surface area contributed by atoms with Crippen LogP contribution in [0.15, 0.2) is 23.3 Å². The maximum atomic E-state index is 10.9. The van der Waals surface area contributed by atoms with E-state index in [0.717, 1.165) is 0 Å². The minimum absolute atomic E-state index is 0.375. The van der Waals surface area contributed by atoms with Crippen molar-refractivity contribution in [2.45, 2.75) is 13.8 Å². The van der Waals surface area contributed by atoms with Gasteiger partial charge in [0, 0.05) is 11.1 Å². The van der Waals surface area contributed by atoms with Crippen molar-refractivity contribution in [3.05, 3.63) is 23.3 Å². The highest BCUT2D eigenvalue weighted by Crippen LogP contribution is 2.09. The van der Waals surface area contributed by atoms with Gasteiger partial charge < -0.3 is 0 Å². The Kier molecular flexibility index (Phi) is 1.53. The van der Waals surface area contributed by atoms with Gasteiger partial charge in [0.1, 0.15) is 0 Å². The number of hydrogen-bond donors (Lipinski definition) is 0. The van der Waals surface area contributed by atoms with Crippen LogP contribution in [0.25, 0.3) is 0 Å². The highest BCUT2D eigenvalue weighted by atomic mass is 16.2. The van der Waals surface area contributed by atoms with Gasteiger partial charge in [-0.2, -0.15) is 0 Å². The van der Waals surface area contributed by atoms with Crippen LogP contribution in [0, 0.1) is 0 Å². The molecule has 52 valence electrons. The quantitative estimate of drug-likeness (QED) is 0.368. The van der Waals surface area contributed by atoms with E-state index in [4.69, 9.17) is 0 Å². The van der Waals surface area contributed by atoms with Crippen LogP contribution in [0.1, 0.15) is 13.8 Å². The molecule has 0 heterocycles. The Morgan fingerprint density at radius 1 is 0.900 bits per heavy atom. The first-order chi connectivity index (χ1) is 4.63. The zero-order chi connectivity index (χ0) is 7.72. The maximum absolute atomic E-state index is 10.9. The third-order valence-corrected chi connectivity index (χ3v) is 1.51. The average molecular weight is 136 g/mol. The third kappa shape index (κ3) is 0.923. The van der Waals surface area contributed by atoms with E-state index in [9.17, 15) is 9.59 Å². The molecule has 0 saturated heterocycles. The van der Waals surface area contributed by atoms with Crippen LogP contribution >= 0.6 is 0 Å². The second-order valence-electron chi connectivity index (χ2n) is 2.36. The molecule has 0 bridgehead atoms. The Labute approximate surface area is 59.2 Å². The second kappa shape index (κ2) is 2.21. The zero-order valence-corrected chi connectivity index (χ0v) is 5.97. The zero-order valence-electron chi connectivity index (χ0n) is 5.97. The van der Waals surface area contributed by atoms with E-state index in [0.29, 0.717) is 11.1 Å². The summed E-state index contributed by atoms with van der Waals surface area (Å²) in [5.41, 5.74) is 1.05. The number of ketones is 2. The molecular weight excluding hydrogens is 128 g/mol. The number of hydrogen-bond acceptors (Lipinski definition) is 2. The first-order valence-corrected chi connectivity index (χ1v) is 3.07. The van der Waals surface area contributed by atoms with Crippen molar-refractivity contribution in [2.24, 2.45) is 0 Å². The number of carbonyl (C=O) groups is 2. The van der Waals surface area contributed by atoms with E-state index < -0.39 is 0 Å². The van der Waals surface area contributed by atoms with Crippen LogP contribution < -0.4 is 0 Å². The third-order valence-electron chi connectivity index (χ3n) is 1.51. The summed E-state index contributed by atoms with van der Waals surface area (Å²) in [7, 11) is 0. The summed E-state index contributed by atoms with van der Waals surface area (Å²) >= 11 is 0. The Balaban J connectivity index is 3.09. The molecule has 10 heavy (non-hydrogen) atoms. The standard InChI is InChI=1S/C8H8O2/c1-5-3-4-6(2)8(10)7(5)9/h3-4H,1-2H3. The van der Waals surface area contributed by atoms with Crippen molar-refractivity contribution < 1.29 is 9.59 Å². The monoisotopic (exact) mass is 136 g/mol. The lowest BCUT2D eigenvalue weighted by molar-refractivity contribution is -0.132. The Morgan fingerprint density at radius 2 is 1.20 bits per heavy atom. The first-order valence-electron chi connectivity index (χ1n) is 3.07. The summed E-state index contributed by atoms with van der Waals surface area (Å²) in [5, 5.41) is 0. The normalized spacial score (nSPS) is 18.6. The summed E-state index contributed by atoms with van der Waals surface area (Å²) < 4.78 is 0. The molecule has 1 aliphatic rings. The van der Waals surface area contributed by atoms with Gasteiger partial charge in [-0.15, -0.1) is 0 Å². The first kappa shape index (κ1) is 6.93. The van der Waals surface area contributed by atoms with Crippen LogP contribution in [0.4, 0.5) is 0 Å². The van der Waals surface area contributed by atoms with Gasteiger partial charge in [-0.1, -0.05) is 12.2 Å². The van der Waals surface area contributed by atoms with E-state index in [1.54, 1.807) is 26.0 Å². The fourth-order valence-corrected chi connectivity index (χ4v) is 0.760. The molecule has 2 heteroatoms. The van der Waals surface area contributed by atoms with Gasteiger partial charge in [0.25, 0.3) is 0 Å². The van der Waals surface area contributed by atoms with Gasteiger partial charge in [0.05, 0.1) is 0 Å². The van der Waals surface area contributed by atoms with Crippen LogP contribution in [0.2, 0.25) is 0 Å². The van der Waals surface area contributed by atoms with Gasteiger partial charge in [-0.3, -0.25) is 9.59 Å². The number of carbonyl (C=O) groups excluding carboxylic acids is 2. The van der Waals surface area contributed by atoms with Crippen molar-refractivity contribution in [1.82, 2.24) is 0 Å². The number of Topliss-reactive ketones (excluding diaryl/α,β-unsaturated/α-hetero) is 2. The van der Waals surface area contributed by atoms with Gasteiger partial charge in [0.15, 0.2) is 0 Å². The predicted molar refractivity (Wildman–Crippen MR) is 37.5 cm³/mol. The summed E-state index contributed by atoms with van der Waals surface area (Å²) in [4.78, 5) is 21.8. The average Bonchev–Trinajstić information content (AvgIpc) is 1.93. The number of rotatable bonds is 0. The molecule has 0 spiro atoms. The van der Waals surface area contributed by atoms with Crippen molar-refractivity contribution in [3.63, 3.8) is 0 Å². The smallest absolute Gasteiger partial charge is 0.228 e. The summed E-state index contributed by atoms with van der Waals surface area (Å²) in [6.07, 6.45) is 3.33. The summed E-state index contributed by atoms with van der Waals surface area (Å²) in [6.45, 7) is 3.28. The maximum Gasteiger partial charge on any atom is 0.228 e. The number of allylic oxidation sites excluding steroid dienone is 4. The van der Waals surface area contributed by atoms with Crippen LogP contribution in [0.3, 0.4) is 0 Å². The van der Waals surface area contributed by atoms with E-state index in [1.165, 1.54) is 0 Å². The molecule has 0 aromatic heterocycles.